The van der Waals surface area contributed by atoms with Gasteiger partial charge in [0, 0.05) is 25.3 Å². The first-order valence-corrected chi connectivity index (χ1v) is 7.23. The highest BCUT2D eigenvalue weighted by molar-refractivity contribution is 5.93. The zero-order valence-corrected chi connectivity index (χ0v) is 12.9. The number of pyridine rings is 1. The van der Waals surface area contributed by atoms with E-state index < -0.39 is 0 Å². The van der Waals surface area contributed by atoms with Crippen LogP contribution in [-0.4, -0.2) is 48.5 Å². The van der Waals surface area contributed by atoms with Crippen LogP contribution in [0.4, 0.5) is 5.82 Å². The Kier molecular flexibility index (Phi) is 7.01. The Morgan fingerprint density at radius 1 is 1.40 bits per heavy atom. The van der Waals surface area contributed by atoms with E-state index in [1.54, 1.807) is 12.3 Å². The van der Waals surface area contributed by atoms with Crippen LogP contribution in [0, 0.1) is 0 Å². The van der Waals surface area contributed by atoms with Crippen LogP contribution in [0.3, 0.4) is 0 Å². The lowest BCUT2D eigenvalue weighted by Crippen LogP contribution is -2.31. The Morgan fingerprint density at radius 2 is 2.15 bits per heavy atom. The van der Waals surface area contributed by atoms with Gasteiger partial charge in [0.15, 0.2) is 0 Å². The van der Waals surface area contributed by atoms with Crippen molar-refractivity contribution in [1.82, 2.24) is 15.2 Å². The fraction of sp³-hybridized carbons (Fsp3) is 0.600. The smallest absolute Gasteiger partial charge is 0.252 e. The molecule has 0 radical (unpaired) electrons. The molecule has 1 heterocycles. The Balaban J connectivity index is 2.32. The molecule has 1 rings (SSSR count). The van der Waals surface area contributed by atoms with Crippen molar-refractivity contribution < 1.29 is 4.79 Å². The Bertz CT molecular complexity index is 403. The summed E-state index contributed by atoms with van der Waals surface area (Å²) >= 11 is 0. The molecule has 0 aromatic carbocycles. The summed E-state index contributed by atoms with van der Waals surface area (Å²) in [5.41, 5.74) is 0.601. The van der Waals surface area contributed by atoms with Crippen molar-refractivity contribution in [2.75, 3.05) is 32.0 Å². The van der Waals surface area contributed by atoms with Crippen molar-refractivity contribution in [3.63, 3.8) is 0 Å². The number of nitrogens with one attached hydrogen (secondary N) is 2. The number of amides is 1. The summed E-state index contributed by atoms with van der Waals surface area (Å²) in [7, 11) is 2.09. The molecule has 0 unspecified atom stereocenters. The predicted molar refractivity (Wildman–Crippen MR) is 83.1 cm³/mol. The number of anilines is 1. The van der Waals surface area contributed by atoms with Crippen LogP contribution >= 0.6 is 0 Å². The Hall–Kier alpha value is -1.62. The van der Waals surface area contributed by atoms with Crippen LogP contribution in [0.25, 0.3) is 0 Å². The maximum Gasteiger partial charge on any atom is 0.252 e. The van der Waals surface area contributed by atoms with E-state index in [1.165, 1.54) is 0 Å². The lowest BCUT2D eigenvalue weighted by Gasteiger charge is -2.20. The van der Waals surface area contributed by atoms with Crippen LogP contribution < -0.4 is 10.6 Å². The molecular formula is C15H26N4O. The minimum atomic E-state index is -0.0623. The van der Waals surface area contributed by atoms with Crippen molar-refractivity contribution in [2.24, 2.45) is 0 Å². The lowest BCUT2D eigenvalue weighted by molar-refractivity contribution is 0.0951. The summed E-state index contributed by atoms with van der Waals surface area (Å²) in [5.74, 6) is 0.732. The van der Waals surface area contributed by atoms with Gasteiger partial charge in [0.1, 0.15) is 5.82 Å². The van der Waals surface area contributed by atoms with Crippen LogP contribution in [0.2, 0.25) is 0 Å². The van der Waals surface area contributed by atoms with Crippen molar-refractivity contribution in [3.05, 3.63) is 23.9 Å². The maximum absolute atomic E-state index is 11.9. The molecule has 20 heavy (non-hydrogen) atoms. The number of hydrogen-bond donors (Lipinski definition) is 2. The molecule has 0 fully saturated rings. The predicted octanol–water partition coefficient (Wildman–Crippen LogP) is 1.97. The average Bonchev–Trinajstić information content (AvgIpc) is 2.44. The molecule has 0 saturated carbocycles. The van der Waals surface area contributed by atoms with E-state index in [0.717, 1.165) is 25.3 Å². The molecule has 112 valence electrons. The third-order valence-corrected chi connectivity index (χ3v) is 3.24. The van der Waals surface area contributed by atoms with Crippen molar-refractivity contribution in [3.8, 4) is 0 Å². The molecule has 1 amide bonds. The summed E-state index contributed by atoms with van der Waals surface area (Å²) in [5, 5.41) is 6.02. The van der Waals surface area contributed by atoms with Crippen molar-refractivity contribution in [1.29, 1.82) is 0 Å². The second kappa shape index (κ2) is 8.53. The van der Waals surface area contributed by atoms with Gasteiger partial charge in [-0.1, -0.05) is 0 Å². The molecule has 0 aliphatic heterocycles. The second-order valence-electron chi connectivity index (χ2n) is 5.15. The Morgan fingerprint density at radius 3 is 2.70 bits per heavy atom. The molecule has 1 aromatic heterocycles. The van der Waals surface area contributed by atoms with Gasteiger partial charge in [-0.05, 0) is 52.9 Å². The molecule has 0 saturated heterocycles. The maximum atomic E-state index is 11.9. The standard InChI is InChI=1S/C15H26N4O/c1-5-16-14-8-7-13(11-18-14)15(20)17-9-6-10-19(4)12(2)3/h7-8,11-12H,5-6,9-10H2,1-4H3,(H,16,18)(H,17,20). The summed E-state index contributed by atoms with van der Waals surface area (Å²) < 4.78 is 0. The molecule has 0 atom stereocenters. The van der Waals surface area contributed by atoms with E-state index in [-0.39, 0.29) is 5.91 Å². The highest BCUT2D eigenvalue weighted by Crippen LogP contribution is 2.04. The van der Waals surface area contributed by atoms with Gasteiger partial charge in [0.2, 0.25) is 0 Å². The monoisotopic (exact) mass is 278 g/mol. The first-order chi connectivity index (χ1) is 9.54. The fourth-order valence-electron chi connectivity index (χ4n) is 1.70. The van der Waals surface area contributed by atoms with Gasteiger partial charge in [0.05, 0.1) is 5.56 Å². The summed E-state index contributed by atoms with van der Waals surface area (Å²) in [4.78, 5) is 18.4. The van der Waals surface area contributed by atoms with E-state index >= 15 is 0 Å². The molecule has 0 aliphatic carbocycles. The number of carbonyl (C=O) groups excluding carboxylic acids is 1. The van der Waals surface area contributed by atoms with E-state index in [0.29, 0.717) is 18.2 Å². The van der Waals surface area contributed by atoms with Gasteiger partial charge in [-0.25, -0.2) is 4.98 Å². The topological polar surface area (TPSA) is 57.3 Å². The van der Waals surface area contributed by atoms with E-state index in [1.807, 2.05) is 13.0 Å². The highest BCUT2D eigenvalue weighted by atomic mass is 16.1. The normalized spacial score (nSPS) is 10.9. The number of carbonyl (C=O) groups is 1. The van der Waals surface area contributed by atoms with Crippen LogP contribution in [0.5, 0.6) is 0 Å². The minimum absolute atomic E-state index is 0.0623. The molecule has 5 heteroatoms. The Labute approximate surface area is 121 Å². The highest BCUT2D eigenvalue weighted by Gasteiger charge is 2.06. The molecule has 0 spiro atoms. The second-order valence-corrected chi connectivity index (χ2v) is 5.15. The van der Waals surface area contributed by atoms with Gasteiger partial charge in [-0.2, -0.15) is 0 Å². The summed E-state index contributed by atoms with van der Waals surface area (Å²) in [6.45, 7) is 8.82. The molecule has 0 aliphatic rings. The minimum Gasteiger partial charge on any atom is -0.370 e. The first kappa shape index (κ1) is 16.4. The van der Waals surface area contributed by atoms with Gasteiger partial charge in [0.25, 0.3) is 5.91 Å². The fourth-order valence-corrected chi connectivity index (χ4v) is 1.70. The third kappa shape index (κ3) is 5.57. The van der Waals surface area contributed by atoms with E-state index in [2.05, 4.69) is 41.4 Å². The lowest BCUT2D eigenvalue weighted by atomic mass is 10.2. The van der Waals surface area contributed by atoms with Crippen LogP contribution in [0.15, 0.2) is 18.3 Å². The zero-order valence-electron chi connectivity index (χ0n) is 12.9. The van der Waals surface area contributed by atoms with Gasteiger partial charge >= 0.3 is 0 Å². The first-order valence-electron chi connectivity index (χ1n) is 7.23. The number of aromatic nitrogens is 1. The van der Waals surface area contributed by atoms with Gasteiger partial charge < -0.3 is 15.5 Å². The quantitative estimate of drug-likeness (QED) is 0.714. The molecular weight excluding hydrogens is 252 g/mol. The number of hydrogen-bond acceptors (Lipinski definition) is 4. The third-order valence-electron chi connectivity index (χ3n) is 3.24. The summed E-state index contributed by atoms with van der Waals surface area (Å²) in [6, 6.07) is 4.15. The number of rotatable bonds is 8. The SMILES string of the molecule is CCNc1ccc(C(=O)NCCCN(C)C(C)C)cn1. The van der Waals surface area contributed by atoms with Crippen molar-refractivity contribution in [2.45, 2.75) is 33.2 Å². The number of nitrogens with zero attached hydrogens (tertiary/aromatic N) is 2. The molecule has 5 nitrogen and oxygen atoms in total. The van der Waals surface area contributed by atoms with Crippen LogP contribution in [0.1, 0.15) is 37.6 Å². The van der Waals surface area contributed by atoms with Gasteiger partial charge in [-0.15, -0.1) is 0 Å². The zero-order chi connectivity index (χ0) is 15.0. The molecule has 0 bridgehead atoms. The van der Waals surface area contributed by atoms with E-state index in [4.69, 9.17) is 0 Å². The van der Waals surface area contributed by atoms with E-state index in [9.17, 15) is 4.79 Å². The van der Waals surface area contributed by atoms with Gasteiger partial charge in [-0.3, -0.25) is 4.79 Å². The molecule has 2 N–H and O–H groups in total. The van der Waals surface area contributed by atoms with Crippen molar-refractivity contribution >= 4 is 11.7 Å². The average molecular weight is 278 g/mol. The molecule has 1 aromatic rings. The van der Waals surface area contributed by atoms with Crippen LogP contribution in [-0.2, 0) is 0 Å². The largest absolute Gasteiger partial charge is 0.370 e. The summed E-state index contributed by atoms with van der Waals surface area (Å²) in [6.07, 6.45) is 2.55.